The number of nitrogens with two attached hydrogens (primary N) is 1. The number of aromatic nitrogens is 2. The third-order valence-electron chi connectivity index (χ3n) is 4.04. The molecule has 0 aliphatic carbocycles. The van der Waals surface area contributed by atoms with E-state index in [1.165, 1.54) is 11.8 Å². The first-order valence-corrected chi connectivity index (χ1v) is 9.38. The van der Waals surface area contributed by atoms with Crippen LogP contribution >= 0.6 is 36.6 Å². The maximum Gasteiger partial charge on any atom is 0.256 e. The van der Waals surface area contributed by atoms with Gasteiger partial charge in [-0.15, -0.1) is 24.8 Å². The van der Waals surface area contributed by atoms with E-state index in [9.17, 15) is 4.79 Å². The normalized spacial score (nSPS) is 11.5. The monoisotopic (exact) mass is 434 g/mol. The second kappa shape index (κ2) is 12.2. The lowest BCUT2D eigenvalue weighted by Crippen LogP contribution is -2.34. The van der Waals surface area contributed by atoms with Crippen LogP contribution in [0.25, 0.3) is 0 Å². The number of pyridine rings is 1. The summed E-state index contributed by atoms with van der Waals surface area (Å²) in [6.07, 6.45) is 2.47. The molecule has 9 heteroatoms. The predicted molar refractivity (Wildman–Crippen MR) is 114 cm³/mol. The quantitative estimate of drug-likeness (QED) is 0.632. The Bertz CT molecular complexity index is 712. The molecule has 2 rings (SSSR count). The predicted octanol–water partition coefficient (Wildman–Crippen LogP) is 3.96. The van der Waals surface area contributed by atoms with E-state index in [0.29, 0.717) is 28.8 Å². The van der Waals surface area contributed by atoms with E-state index < -0.39 is 0 Å². The Kier molecular flexibility index (Phi) is 11.7. The summed E-state index contributed by atoms with van der Waals surface area (Å²) in [5.74, 6) is 1.74. The van der Waals surface area contributed by atoms with Gasteiger partial charge < -0.3 is 15.2 Å². The van der Waals surface area contributed by atoms with Gasteiger partial charge in [-0.3, -0.25) is 4.79 Å². The number of carbonyl (C=O) groups is 1. The molecule has 27 heavy (non-hydrogen) atoms. The average molecular weight is 435 g/mol. The molecule has 6 nitrogen and oxygen atoms in total. The van der Waals surface area contributed by atoms with Crippen molar-refractivity contribution in [3.05, 3.63) is 41.4 Å². The summed E-state index contributed by atoms with van der Waals surface area (Å²) in [6.45, 7) is 6.66. The van der Waals surface area contributed by atoms with Crippen LogP contribution in [0.5, 0.6) is 0 Å². The number of carbonyl (C=O) groups excluding carboxylic acids is 1. The topological polar surface area (TPSA) is 85.2 Å². The second-order valence-corrected chi connectivity index (χ2v) is 7.46. The Morgan fingerprint density at radius 1 is 1.37 bits per heavy atom. The van der Waals surface area contributed by atoms with Gasteiger partial charge in [-0.05, 0) is 31.4 Å². The molecular formula is C18H28Cl2N4O2S. The molecule has 0 aliphatic rings. The lowest BCUT2D eigenvalue weighted by Gasteiger charge is -2.22. The molecule has 0 fully saturated rings. The van der Waals surface area contributed by atoms with Crippen LogP contribution in [0.4, 0.5) is 0 Å². The van der Waals surface area contributed by atoms with E-state index in [-0.39, 0.29) is 36.8 Å². The number of nitrogens with zero attached hydrogens (tertiary/aromatic N) is 3. The van der Waals surface area contributed by atoms with Gasteiger partial charge >= 0.3 is 0 Å². The summed E-state index contributed by atoms with van der Waals surface area (Å²) in [5.41, 5.74) is 7.52. The average Bonchev–Trinajstić information content (AvgIpc) is 3.02. The van der Waals surface area contributed by atoms with Gasteiger partial charge in [0.1, 0.15) is 10.8 Å². The molecule has 2 heterocycles. The minimum absolute atomic E-state index is 0. The highest BCUT2D eigenvalue weighted by atomic mass is 35.5. The van der Waals surface area contributed by atoms with Crippen LogP contribution in [0.15, 0.2) is 33.9 Å². The zero-order valence-electron chi connectivity index (χ0n) is 16.0. The van der Waals surface area contributed by atoms with Gasteiger partial charge in [0.15, 0.2) is 0 Å². The van der Waals surface area contributed by atoms with Gasteiger partial charge in [0, 0.05) is 37.7 Å². The van der Waals surface area contributed by atoms with Gasteiger partial charge in [0.2, 0.25) is 0 Å². The molecular weight excluding hydrogens is 407 g/mol. The van der Waals surface area contributed by atoms with Gasteiger partial charge in [0.25, 0.3) is 5.91 Å². The number of aryl methyl sites for hydroxylation is 1. The molecule has 152 valence electrons. The summed E-state index contributed by atoms with van der Waals surface area (Å²) in [6, 6.07) is 5.57. The molecule has 0 spiro atoms. The third kappa shape index (κ3) is 7.70. The van der Waals surface area contributed by atoms with E-state index in [0.717, 1.165) is 17.9 Å². The van der Waals surface area contributed by atoms with E-state index in [1.807, 2.05) is 19.1 Å². The number of thioether (sulfide) groups is 1. The van der Waals surface area contributed by atoms with Crippen molar-refractivity contribution in [2.24, 2.45) is 11.7 Å². The molecule has 2 aromatic heterocycles. The van der Waals surface area contributed by atoms with Crippen molar-refractivity contribution in [1.29, 1.82) is 0 Å². The first-order valence-electron chi connectivity index (χ1n) is 8.39. The molecule has 0 aliphatic heterocycles. The van der Waals surface area contributed by atoms with Gasteiger partial charge in [-0.2, -0.15) is 0 Å². The smallest absolute Gasteiger partial charge is 0.256 e. The van der Waals surface area contributed by atoms with Crippen molar-refractivity contribution in [2.75, 3.05) is 13.6 Å². The molecule has 1 amide bonds. The van der Waals surface area contributed by atoms with Crippen LogP contribution in [0.1, 0.15) is 42.1 Å². The molecule has 0 bridgehead atoms. The summed E-state index contributed by atoms with van der Waals surface area (Å²) in [4.78, 5) is 18.8. The van der Waals surface area contributed by atoms with E-state index in [1.54, 1.807) is 24.2 Å². The number of halogens is 2. The first kappa shape index (κ1) is 25.7. The summed E-state index contributed by atoms with van der Waals surface area (Å²) in [5, 5.41) is 4.67. The zero-order chi connectivity index (χ0) is 18.4. The molecule has 0 radical (unpaired) electrons. The van der Waals surface area contributed by atoms with Crippen molar-refractivity contribution < 1.29 is 9.32 Å². The number of rotatable bonds is 8. The first-order chi connectivity index (χ1) is 11.9. The van der Waals surface area contributed by atoms with Crippen LogP contribution < -0.4 is 5.73 Å². The SMILES string of the molecule is Cc1cc(CSc2ncccc2C(=O)N(C)CCC(N)C(C)C)no1.Cl.Cl. The maximum atomic E-state index is 12.8. The van der Waals surface area contributed by atoms with Crippen LogP contribution in [0.2, 0.25) is 0 Å². The maximum absolute atomic E-state index is 12.8. The summed E-state index contributed by atoms with van der Waals surface area (Å²) in [7, 11) is 1.80. The molecule has 0 aromatic carbocycles. The molecule has 1 unspecified atom stereocenters. The van der Waals surface area contributed by atoms with Crippen LogP contribution in [-0.2, 0) is 5.75 Å². The largest absolute Gasteiger partial charge is 0.361 e. The molecule has 1 atom stereocenters. The Morgan fingerprint density at radius 2 is 2.07 bits per heavy atom. The number of hydrogen-bond acceptors (Lipinski definition) is 6. The highest BCUT2D eigenvalue weighted by molar-refractivity contribution is 7.98. The van der Waals surface area contributed by atoms with Gasteiger partial charge in [-0.25, -0.2) is 4.98 Å². The van der Waals surface area contributed by atoms with E-state index in [4.69, 9.17) is 10.3 Å². The fourth-order valence-electron chi connectivity index (χ4n) is 2.28. The molecule has 0 saturated heterocycles. The number of hydrogen-bond donors (Lipinski definition) is 1. The Balaban J connectivity index is 0.00000338. The summed E-state index contributed by atoms with van der Waals surface area (Å²) < 4.78 is 5.07. The summed E-state index contributed by atoms with van der Waals surface area (Å²) >= 11 is 1.48. The molecule has 2 aromatic rings. The highest BCUT2D eigenvalue weighted by Gasteiger charge is 2.18. The fraction of sp³-hybridized carbons (Fsp3) is 0.500. The third-order valence-corrected chi connectivity index (χ3v) is 5.07. The minimum atomic E-state index is -0.0390. The van der Waals surface area contributed by atoms with Crippen LogP contribution in [0, 0.1) is 12.8 Å². The lowest BCUT2D eigenvalue weighted by atomic mass is 10.0. The van der Waals surface area contributed by atoms with Crippen LogP contribution in [0.3, 0.4) is 0 Å². The minimum Gasteiger partial charge on any atom is -0.361 e. The second-order valence-electron chi connectivity index (χ2n) is 6.50. The van der Waals surface area contributed by atoms with Crippen molar-refractivity contribution in [1.82, 2.24) is 15.0 Å². The van der Waals surface area contributed by atoms with Crippen molar-refractivity contribution in [2.45, 2.75) is 44.0 Å². The van der Waals surface area contributed by atoms with Gasteiger partial charge in [0.05, 0.1) is 11.3 Å². The highest BCUT2D eigenvalue weighted by Crippen LogP contribution is 2.25. The fourth-order valence-corrected chi connectivity index (χ4v) is 3.15. The molecule has 2 N–H and O–H groups in total. The number of amides is 1. The zero-order valence-corrected chi connectivity index (χ0v) is 18.5. The standard InChI is InChI=1S/C18H26N4O2S.2ClH/c1-12(2)16(19)7-9-22(4)18(23)15-6-5-8-20-17(15)25-11-14-10-13(3)24-21-14;;/h5-6,8,10,12,16H,7,9,11,19H2,1-4H3;2*1H. The van der Waals surface area contributed by atoms with Crippen molar-refractivity contribution in [3.8, 4) is 0 Å². The van der Waals surface area contributed by atoms with Gasteiger partial charge in [-0.1, -0.05) is 30.8 Å². The van der Waals surface area contributed by atoms with Crippen molar-refractivity contribution >= 4 is 42.5 Å². The Morgan fingerprint density at radius 3 is 2.67 bits per heavy atom. The van der Waals surface area contributed by atoms with Crippen molar-refractivity contribution in [3.63, 3.8) is 0 Å². The van der Waals surface area contributed by atoms with Crippen LogP contribution in [-0.4, -0.2) is 40.6 Å². The Hall–Kier alpha value is -1.28. The van der Waals surface area contributed by atoms with E-state index >= 15 is 0 Å². The Labute approximate surface area is 177 Å². The lowest BCUT2D eigenvalue weighted by molar-refractivity contribution is 0.0785. The molecule has 0 saturated carbocycles. The van der Waals surface area contributed by atoms with E-state index in [2.05, 4.69) is 24.0 Å².